The minimum atomic E-state index is -0.383. The van der Waals surface area contributed by atoms with Crippen molar-refractivity contribution in [3.05, 3.63) is 39.3 Å². The maximum atomic E-state index is 13.0. The van der Waals surface area contributed by atoms with Gasteiger partial charge in [0.15, 0.2) is 5.13 Å². The summed E-state index contributed by atoms with van der Waals surface area (Å²) in [5.41, 5.74) is 1.36. The van der Waals surface area contributed by atoms with Crippen LogP contribution in [0.5, 0.6) is 0 Å². The number of nitrogens with one attached hydrogen (secondary N) is 2. The third kappa shape index (κ3) is 4.07. The third-order valence-corrected chi connectivity index (χ3v) is 6.74. The average molecular weight is 470 g/mol. The van der Waals surface area contributed by atoms with Gasteiger partial charge in [0.1, 0.15) is 4.34 Å². The lowest BCUT2D eigenvalue weighted by molar-refractivity contribution is 0.204. The first-order chi connectivity index (χ1) is 14.4. The first-order valence-electron chi connectivity index (χ1n) is 9.55. The van der Waals surface area contributed by atoms with Crippen molar-refractivity contribution in [3.8, 4) is 0 Å². The van der Waals surface area contributed by atoms with E-state index in [1.165, 1.54) is 17.5 Å². The molecule has 1 unspecified atom stereocenters. The molecule has 0 radical (unpaired) electrons. The number of carbonyl (C=O) groups excluding carboxylic acids is 2. The molecule has 1 aromatic heterocycles. The van der Waals surface area contributed by atoms with E-state index in [1.54, 1.807) is 15.9 Å². The Hall–Kier alpha value is -2.07. The summed E-state index contributed by atoms with van der Waals surface area (Å²) in [4.78, 5) is 33.0. The second-order valence-corrected chi connectivity index (χ2v) is 9.51. The highest BCUT2D eigenvalue weighted by Crippen LogP contribution is 2.47. The number of anilines is 2. The zero-order valence-corrected chi connectivity index (χ0v) is 18.4. The number of halogens is 2. The molecule has 30 heavy (non-hydrogen) atoms. The van der Waals surface area contributed by atoms with Crippen molar-refractivity contribution in [2.24, 2.45) is 0 Å². The topological polar surface area (TPSA) is 97.8 Å². The van der Waals surface area contributed by atoms with E-state index in [-0.39, 0.29) is 24.1 Å². The number of likely N-dealkylation sites (tertiary alicyclic amines) is 1. The molecule has 0 bridgehead atoms. The van der Waals surface area contributed by atoms with Crippen molar-refractivity contribution >= 4 is 57.4 Å². The van der Waals surface area contributed by atoms with Crippen LogP contribution in [-0.4, -0.2) is 59.8 Å². The molecule has 0 aliphatic carbocycles. The highest BCUT2D eigenvalue weighted by Gasteiger charge is 2.50. The minimum absolute atomic E-state index is 0.0322. The molecule has 2 aliphatic heterocycles. The number of hydrogen-bond acceptors (Lipinski definition) is 5. The first-order valence-corrected chi connectivity index (χ1v) is 11.1. The first kappa shape index (κ1) is 21.2. The largest absolute Gasteiger partial charge is 0.396 e. The maximum absolute atomic E-state index is 13.0. The lowest BCUT2D eigenvalue weighted by atomic mass is 9.81. The Balaban J connectivity index is 1.55. The highest BCUT2D eigenvalue weighted by atomic mass is 35.5. The van der Waals surface area contributed by atoms with E-state index in [9.17, 15) is 9.59 Å². The number of urea groups is 2. The standard InChI is InChI=1S/C19H21Cl2N5O3S/c20-12-2-3-14-13(8-12)19(4-6-25(10-19)17(28)22-5-1-7-27)11-26(14)18(29)24-16-23-9-15(21)30-16/h2-3,8-9,27H,1,4-7,10-11H2,(H,22,28)(H,23,24,29). The summed E-state index contributed by atoms with van der Waals surface area (Å²) in [6, 6.07) is 5.02. The molecule has 1 spiro atoms. The number of hydrogen-bond donors (Lipinski definition) is 3. The number of aliphatic hydroxyl groups excluding tert-OH is 1. The molecule has 2 aromatic rings. The molecular formula is C19H21Cl2N5O3S. The van der Waals surface area contributed by atoms with Crippen LogP contribution in [0.4, 0.5) is 20.4 Å². The minimum Gasteiger partial charge on any atom is -0.396 e. The van der Waals surface area contributed by atoms with Crippen LogP contribution in [0.15, 0.2) is 24.4 Å². The summed E-state index contributed by atoms with van der Waals surface area (Å²) >= 11 is 13.4. The van der Waals surface area contributed by atoms with E-state index in [0.717, 1.165) is 17.7 Å². The third-order valence-electron chi connectivity index (χ3n) is 5.47. The van der Waals surface area contributed by atoms with Gasteiger partial charge in [-0.1, -0.05) is 34.5 Å². The van der Waals surface area contributed by atoms with E-state index in [1.807, 2.05) is 12.1 Å². The number of aromatic nitrogens is 1. The van der Waals surface area contributed by atoms with Gasteiger partial charge in [0.25, 0.3) is 0 Å². The van der Waals surface area contributed by atoms with Gasteiger partial charge in [0.2, 0.25) is 0 Å². The summed E-state index contributed by atoms with van der Waals surface area (Å²) in [6.45, 7) is 1.96. The quantitative estimate of drug-likeness (QED) is 0.596. The summed E-state index contributed by atoms with van der Waals surface area (Å²) in [6.07, 6.45) is 2.73. The fourth-order valence-corrected chi connectivity index (χ4v) is 5.05. The zero-order valence-electron chi connectivity index (χ0n) is 16.0. The van der Waals surface area contributed by atoms with Crippen LogP contribution in [0.1, 0.15) is 18.4 Å². The molecule has 3 N–H and O–H groups in total. The van der Waals surface area contributed by atoms with Gasteiger partial charge in [0, 0.05) is 48.9 Å². The highest BCUT2D eigenvalue weighted by molar-refractivity contribution is 7.19. The molecule has 0 saturated carbocycles. The van der Waals surface area contributed by atoms with Gasteiger partial charge >= 0.3 is 12.1 Å². The number of rotatable bonds is 4. The van der Waals surface area contributed by atoms with Crippen molar-refractivity contribution < 1.29 is 14.7 Å². The van der Waals surface area contributed by atoms with Gasteiger partial charge in [-0.15, -0.1) is 0 Å². The number of nitrogens with zero attached hydrogens (tertiary/aromatic N) is 3. The number of carbonyl (C=O) groups is 2. The Morgan fingerprint density at radius 2 is 2.10 bits per heavy atom. The second-order valence-electron chi connectivity index (χ2n) is 7.41. The van der Waals surface area contributed by atoms with Gasteiger partial charge in [0.05, 0.1) is 6.20 Å². The molecule has 8 nitrogen and oxygen atoms in total. The summed E-state index contributed by atoms with van der Waals surface area (Å²) in [5.74, 6) is 0. The molecule has 160 valence electrons. The summed E-state index contributed by atoms with van der Waals surface area (Å²) in [5, 5.41) is 15.5. The fourth-order valence-electron chi connectivity index (χ4n) is 4.07. The van der Waals surface area contributed by atoms with Gasteiger partial charge in [-0.2, -0.15) is 0 Å². The number of thiazole rings is 1. The molecule has 3 heterocycles. The van der Waals surface area contributed by atoms with Gasteiger partial charge in [-0.05, 0) is 36.6 Å². The smallest absolute Gasteiger partial charge is 0.328 e. The maximum Gasteiger partial charge on any atom is 0.328 e. The van der Waals surface area contributed by atoms with Crippen LogP contribution >= 0.6 is 34.5 Å². The fraction of sp³-hybridized carbons (Fsp3) is 0.421. The Morgan fingerprint density at radius 3 is 2.83 bits per heavy atom. The lowest BCUT2D eigenvalue weighted by Gasteiger charge is -2.26. The molecule has 1 atom stereocenters. The Morgan fingerprint density at radius 1 is 1.27 bits per heavy atom. The monoisotopic (exact) mass is 469 g/mol. The molecule has 2 aliphatic rings. The molecule has 1 fully saturated rings. The van der Waals surface area contributed by atoms with Crippen molar-refractivity contribution in [2.45, 2.75) is 18.3 Å². The lowest BCUT2D eigenvalue weighted by Crippen LogP contribution is -2.44. The normalized spacial score (nSPS) is 20.0. The van der Waals surface area contributed by atoms with Gasteiger partial charge in [-0.3, -0.25) is 10.2 Å². The van der Waals surface area contributed by atoms with Crippen molar-refractivity contribution in [1.82, 2.24) is 15.2 Å². The molecule has 4 rings (SSSR count). The van der Waals surface area contributed by atoms with E-state index >= 15 is 0 Å². The van der Waals surface area contributed by atoms with E-state index in [0.29, 0.717) is 47.1 Å². The van der Waals surface area contributed by atoms with Crippen LogP contribution < -0.4 is 15.5 Å². The number of fused-ring (bicyclic) bond motifs is 2. The number of benzene rings is 1. The molecular weight excluding hydrogens is 449 g/mol. The number of aliphatic hydroxyl groups is 1. The average Bonchev–Trinajstić information content (AvgIpc) is 3.41. The van der Waals surface area contributed by atoms with Crippen molar-refractivity contribution in [1.29, 1.82) is 0 Å². The molecule has 1 aromatic carbocycles. The van der Waals surface area contributed by atoms with Gasteiger partial charge in [-0.25, -0.2) is 14.6 Å². The SMILES string of the molecule is O=C(NCCCO)N1CCC2(C1)CN(C(=O)Nc1ncc(Cl)s1)c1ccc(Cl)cc12. The Bertz CT molecular complexity index is 971. The predicted octanol–water partition coefficient (Wildman–Crippen LogP) is 3.54. The van der Waals surface area contributed by atoms with E-state index in [4.69, 9.17) is 28.3 Å². The molecule has 4 amide bonds. The predicted molar refractivity (Wildman–Crippen MR) is 118 cm³/mol. The van der Waals surface area contributed by atoms with E-state index in [2.05, 4.69) is 15.6 Å². The summed E-state index contributed by atoms with van der Waals surface area (Å²) in [7, 11) is 0. The van der Waals surface area contributed by atoms with Gasteiger partial charge < -0.3 is 15.3 Å². The van der Waals surface area contributed by atoms with Crippen molar-refractivity contribution in [2.75, 3.05) is 43.0 Å². The molecule has 1 saturated heterocycles. The Labute approximate surface area is 187 Å². The zero-order chi connectivity index (χ0) is 21.3. The van der Waals surface area contributed by atoms with Crippen LogP contribution in [0, 0.1) is 0 Å². The second kappa shape index (κ2) is 8.58. The van der Waals surface area contributed by atoms with Crippen molar-refractivity contribution in [3.63, 3.8) is 0 Å². The Kier molecular flexibility index (Phi) is 6.06. The van der Waals surface area contributed by atoms with E-state index < -0.39 is 0 Å². The van der Waals surface area contributed by atoms with Crippen LogP contribution in [-0.2, 0) is 5.41 Å². The van der Waals surface area contributed by atoms with Crippen LogP contribution in [0.3, 0.4) is 0 Å². The van der Waals surface area contributed by atoms with Crippen LogP contribution in [0.2, 0.25) is 9.36 Å². The number of amides is 4. The summed E-state index contributed by atoms with van der Waals surface area (Å²) < 4.78 is 0.494. The molecule has 11 heteroatoms. The van der Waals surface area contributed by atoms with Crippen LogP contribution in [0.25, 0.3) is 0 Å².